The number of hydrogen-bond donors (Lipinski definition) is 1. The Morgan fingerprint density at radius 3 is 2.47 bits per heavy atom. The second-order valence-electron chi connectivity index (χ2n) is 9.13. The average Bonchev–Trinajstić information content (AvgIpc) is 2.89. The van der Waals surface area contributed by atoms with E-state index < -0.39 is 12.0 Å². The number of aliphatic imine (C=N–C) groups is 1. The molecular weight excluding hydrogens is 499 g/mol. The highest BCUT2D eigenvalue weighted by Gasteiger charge is 2.47. The van der Waals surface area contributed by atoms with E-state index in [1.54, 1.807) is 36.4 Å². The summed E-state index contributed by atoms with van der Waals surface area (Å²) in [5, 5.41) is 3.58. The van der Waals surface area contributed by atoms with E-state index in [1.165, 1.54) is 12.1 Å². The van der Waals surface area contributed by atoms with E-state index >= 15 is 0 Å². The molecule has 5 aliphatic rings. The van der Waals surface area contributed by atoms with Gasteiger partial charge in [0.1, 0.15) is 11.7 Å². The Kier molecular flexibility index (Phi) is 4.36. The standard InChI is InChI=1S/C28H14Cl2N2O4/c29-17-9-15-19(27(35)13-7-3-1-5-11(13)25(15)33)23-21(17)32-24-20-16(10-18(30)22(24)31-23)26(34)12-6-2-4-8-14(12)28(20)36/h1-5,7-10,12,24,32H,6H2. The molecule has 0 radical (unpaired) electrons. The van der Waals surface area contributed by atoms with Gasteiger partial charge in [0.2, 0.25) is 0 Å². The number of nitrogens with zero attached hydrogens (tertiary/aromatic N) is 1. The predicted molar refractivity (Wildman–Crippen MR) is 136 cm³/mol. The molecule has 1 heterocycles. The van der Waals surface area contributed by atoms with E-state index in [0.29, 0.717) is 23.2 Å². The van der Waals surface area contributed by atoms with E-state index in [-0.39, 0.29) is 72.4 Å². The summed E-state index contributed by atoms with van der Waals surface area (Å²) in [5.41, 5.74) is 2.63. The first-order valence-electron chi connectivity index (χ1n) is 11.3. The van der Waals surface area contributed by atoms with Crippen LogP contribution in [0.2, 0.25) is 5.02 Å². The summed E-state index contributed by atoms with van der Waals surface area (Å²) in [4.78, 5) is 58.3. The number of carbonyl (C=O) groups is 4. The van der Waals surface area contributed by atoms with Gasteiger partial charge in [0, 0.05) is 33.4 Å². The van der Waals surface area contributed by atoms with Crippen molar-refractivity contribution in [3.8, 4) is 0 Å². The van der Waals surface area contributed by atoms with Crippen LogP contribution in [0.15, 0.2) is 81.4 Å². The maximum Gasteiger partial charge on any atom is 0.196 e. The number of carbonyl (C=O) groups excluding carboxylic acids is 4. The SMILES string of the molecule is O=C1C2=CC=CCC2C(=O)C2=C1C1Nc3c(Cl)cc4c(c3N=C1C(Cl)=C2)C(=O)c1ccccc1C4=O. The van der Waals surface area contributed by atoms with Gasteiger partial charge in [-0.1, -0.05) is 65.7 Å². The lowest BCUT2D eigenvalue weighted by molar-refractivity contribution is -0.122. The number of Topliss-reactive ketones (excluding diaryl/α,β-unsaturated/α-hetero) is 2. The molecule has 4 aliphatic carbocycles. The van der Waals surface area contributed by atoms with Crippen LogP contribution in [-0.2, 0) is 9.59 Å². The molecule has 36 heavy (non-hydrogen) atoms. The van der Waals surface area contributed by atoms with E-state index in [0.717, 1.165) is 0 Å². The quantitative estimate of drug-likeness (QED) is 0.453. The monoisotopic (exact) mass is 512 g/mol. The van der Waals surface area contributed by atoms with Gasteiger partial charge in [-0.2, -0.15) is 0 Å². The van der Waals surface area contributed by atoms with E-state index in [4.69, 9.17) is 28.2 Å². The number of allylic oxidation sites excluding steroid dienone is 6. The number of nitrogens with one attached hydrogen (secondary N) is 1. The zero-order chi connectivity index (χ0) is 24.9. The second kappa shape index (κ2) is 7.32. The highest BCUT2D eigenvalue weighted by atomic mass is 35.5. The van der Waals surface area contributed by atoms with Crippen LogP contribution in [-0.4, -0.2) is 34.9 Å². The smallest absolute Gasteiger partial charge is 0.196 e. The largest absolute Gasteiger partial charge is 0.370 e. The van der Waals surface area contributed by atoms with Gasteiger partial charge in [-0.25, -0.2) is 4.99 Å². The van der Waals surface area contributed by atoms with Crippen LogP contribution in [0.3, 0.4) is 0 Å². The van der Waals surface area contributed by atoms with Crippen molar-refractivity contribution in [1.82, 2.24) is 0 Å². The Labute approximate surface area is 214 Å². The summed E-state index contributed by atoms with van der Waals surface area (Å²) >= 11 is 13.2. The molecule has 0 bridgehead atoms. The Bertz CT molecular complexity index is 1690. The Balaban J connectivity index is 1.44. The highest BCUT2D eigenvalue weighted by molar-refractivity contribution is 6.48. The molecule has 0 amide bonds. The zero-order valence-corrected chi connectivity index (χ0v) is 19.9. The van der Waals surface area contributed by atoms with Crippen LogP contribution in [0.25, 0.3) is 0 Å². The van der Waals surface area contributed by atoms with Crippen molar-refractivity contribution in [2.45, 2.75) is 12.5 Å². The normalized spacial score (nSPS) is 23.3. The van der Waals surface area contributed by atoms with Crippen molar-refractivity contribution in [3.63, 3.8) is 0 Å². The molecule has 0 fully saturated rings. The van der Waals surface area contributed by atoms with Crippen molar-refractivity contribution in [1.29, 1.82) is 0 Å². The number of rotatable bonds is 0. The molecule has 0 spiro atoms. The molecule has 2 aromatic rings. The Morgan fingerprint density at radius 1 is 0.944 bits per heavy atom. The van der Waals surface area contributed by atoms with Crippen molar-refractivity contribution in [2.24, 2.45) is 10.9 Å². The predicted octanol–water partition coefficient (Wildman–Crippen LogP) is 5.07. The molecule has 2 aromatic carbocycles. The van der Waals surface area contributed by atoms with Crippen LogP contribution >= 0.6 is 23.2 Å². The number of fused-ring (bicyclic) bond motifs is 7. The van der Waals surface area contributed by atoms with Gasteiger partial charge < -0.3 is 5.32 Å². The van der Waals surface area contributed by atoms with Gasteiger partial charge in [-0.15, -0.1) is 0 Å². The molecular formula is C28H14Cl2N2O4. The fourth-order valence-electron chi connectivity index (χ4n) is 5.60. The molecule has 2 unspecified atom stereocenters. The average molecular weight is 513 g/mol. The lowest BCUT2D eigenvalue weighted by atomic mass is 9.70. The number of halogens is 2. The minimum absolute atomic E-state index is 0.132. The lowest BCUT2D eigenvalue weighted by Gasteiger charge is -2.37. The first kappa shape index (κ1) is 21.4. The van der Waals surface area contributed by atoms with Crippen molar-refractivity contribution >= 4 is 63.4 Å². The van der Waals surface area contributed by atoms with Gasteiger partial charge in [0.05, 0.1) is 32.9 Å². The maximum atomic E-state index is 13.6. The molecule has 1 aliphatic heterocycles. The van der Waals surface area contributed by atoms with Crippen LogP contribution < -0.4 is 5.32 Å². The summed E-state index contributed by atoms with van der Waals surface area (Å²) in [6.07, 6.45) is 7.25. The number of anilines is 1. The third-order valence-electron chi connectivity index (χ3n) is 7.28. The van der Waals surface area contributed by atoms with Crippen LogP contribution in [0, 0.1) is 5.92 Å². The van der Waals surface area contributed by atoms with Crippen LogP contribution in [0.4, 0.5) is 11.4 Å². The molecule has 2 atom stereocenters. The van der Waals surface area contributed by atoms with Crippen molar-refractivity contribution in [3.05, 3.63) is 104 Å². The van der Waals surface area contributed by atoms with Gasteiger partial charge in [-0.3, -0.25) is 19.2 Å². The molecule has 174 valence electrons. The highest BCUT2D eigenvalue weighted by Crippen LogP contribution is 2.48. The topological polar surface area (TPSA) is 92.7 Å². The van der Waals surface area contributed by atoms with E-state index in [1.807, 2.05) is 6.08 Å². The lowest BCUT2D eigenvalue weighted by Crippen LogP contribution is -2.45. The molecule has 6 nitrogen and oxygen atoms in total. The molecule has 1 N–H and O–H groups in total. The maximum absolute atomic E-state index is 13.6. The van der Waals surface area contributed by atoms with Crippen molar-refractivity contribution in [2.75, 3.05) is 5.32 Å². The van der Waals surface area contributed by atoms with Gasteiger partial charge in [0.25, 0.3) is 0 Å². The molecule has 0 saturated heterocycles. The molecule has 8 heteroatoms. The summed E-state index contributed by atoms with van der Waals surface area (Å²) < 4.78 is 0. The molecule has 7 rings (SSSR count). The van der Waals surface area contributed by atoms with Crippen LogP contribution in [0.5, 0.6) is 0 Å². The second-order valence-corrected chi connectivity index (χ2v) is 9.95. The molecule has 0 saturated carbocycles. The van der Waals surface area contributed by atoms with E-state index in [9.17, 15) is 19.2 Å². The summed E-state index contributed by atoms with van der Waals surface area (Å²) in [6.45, 7) is 0. The first-order valence-corrected chi connectivity index (χ1v) is 12.1. The first-order chi connectivity index (χ1) is 17.4. The summed E-state index contributed by atoms with van der Waals surface area (Å²) in [7, 11) is 0. The van der Waals surface area contributed by atoms with Gasteiger partial charge >= 0.3 is 0 Å². The Morgan fingerprint density at radius 2 is 1.69 bits per heavy atom. The minimum Gasteiger partial charge on any atom is -0.370 e. The zero-order valence-electron chi connectivity index (χ0n) is 18.4. The molecule has 0 aromatic heterocycles. The minimum atomic E-state index is -0.827. The summed E-state index contributed by atoms with van der Waals surface area (Å²) in [6, 6.07) is 7.23. The van der Waals surface area contributed by atoms with Gasteiger partial charge in [0.15, 0.2) is 23.1 Å². The third kappa shape index (κ3) is 2.66. The van der Waals surface area contributed by atoms with Crippen molar-refractivity contribution < 1.29 is 19.2 Å². The third-order valence-corrected chi connectivity index (χ3v) is 7.88. The van der Waals surface area contributed by atoms with E-state index in [2.05, 4.69) is 5.32 Å². The number of hydrogen-bond acceptors (Lipinski definition) is 6. The van der Waals surface area contributed by atoms with Crippen LogP contribution in [0.1, 0.15) is 38.3 Å². The summed E-state index contributed by atoms with van der Waals surface area (Å²) in [5.74, 6) is -1.62. The fourth-order valence-corrected chi connectivity index (χ4v) is 6.11. The Hall–Kier alpha value is -3.87. The number of benzene rings is 2. The fraction of sp³-hybridized carbons (Fsp3) is 0.107. The number of ketones is 4. The van der Waals surface area contributed by atoms with Gasteiger partial charge in [-0.05, 0) is 18.6 Å².